The van der Waals surface area contributed by atoms with E-state index < -0.39 is 6.03 Å². The minimum atomic E-state index is -0.520. The van der Waals surface area contributed by atoms with Crippen LogP contribution in [0, 0.1) is 0 Å². The summed E-state index contributed by atoms with van der Waals surface area (Å²) in [4.78, 5) is 46.4. The number of nitrogens with zero attached hydrogens (tertiary/aromatic N) is 4. The molecule has 3 heterocycles. The monoisotopic (exact) mass is 318 g/mol. The average Bonchev–Trinajstić information content (AvgIpc) is 2.88. The van der Waals surface area contributed by atoms with Gasteiger partial charge in [-0.15, -0.1) is 0 Å². The molecule has 9 nitrogen and oxygen atoms in total. The maximum atomic E-state index is 12.1. The summed E-state index contributed by atoms with van der Waals surface area (Å²) in [5, 5.41) is 5.27. The molecule has 0 saturated carbocycles. The first kappa shape index (κ1) is 15.2. The quantitative estimate of drug-likeness (QED) is 0.698. The van der Waals surface area contributed by atoms with E-state index in [1.807, 2.05) is 4.90 Å². The van der Waals surface area contributed by atoms with Gasteiger partial charge in [-0.2, -0.15) is 0 Å². The number of amides is 4. The molecule has 1 unspecified atom stereocenters. The molecule has 2 aliphatic rings. The van der Waals surface area contributed by atoms with E-state index in [0.717, 1.165) is 24.3 Å². The third-order valence-corrected chi connectivity index (χ3v) is 3.86. The maximum Gasteiger partial charge on any atom is 0.325 e. The normalized spacial score (nSPS) is 21.3. The summed E-state index contributed by atoms with van der Waals surface area (Å²) in [5.41, 5.74) is 0. The second kappa shape index (κ2) is 6.59. The number of carbonyl (C=O) groups is 3. The number of hydrogen-bond acceptors (Lipinski definition) is 6. The molecule has 4 amide bonds. The van der Waals surface area contributed by atoms with E-state index in [2.05, 4.69) is 20.6 Å². The van der Waals surface area contributed by atoms with Crippen LogP contribution in [-0.2, 0) is 9.59 Å². The van der Waals surface area contributed by atoms with Crippen molar-refractivity contribution in [3.8, 4) is 0 Å². The van der Waals surface area contributed by atoms with Crippen molar-refractivity contribution in [1.29, 1.82) is 0 Å². The molecule has 0 bridgehead atoms. The van der Waals surface area contributed by atoms with Crippen LogP contribution >= 0.6 is 0 Å². The minimum Gasteiger partial charge on any atom is -0.350 e. The van der Waals surface area contributed by atoms with Gasteiger partial charge in [-0.3, -0.25) is 14.5 Å². The highest BCUT2D eigenvalue weighted by molar-refractivity contribution is 6.04. The molecular formula is C14H18N6O3. The molecule has 0 aliphatic carbocycles. The number of carbonyl (C=O) groups excluding carboxylic acids is 3. The molecule has 0 radical (unpaired) electrons. The smallest absolute Gasteiger partial charge is 0.325 e. The lowest BCUT2D eigenvalue weighted by Gasteiger charge is -2.33. The zero-order valence-corrected chi connectivity index (χ0v) is 12.6. The molecule has 122 valence electrons. The number of rotatable bonds is 4. The molecule has 0 aromatic carbocycles. The Balaban J connectivity index is 1.54. The van der Waals surface area contributed by atoms with E-state index in [9.17, 15) is 14.4 Å². The molecule has 2 fully saturated rings. The van der Waals surface area contributed by atoms with Gasteiger partial charge in [0.1, 0.15) is 6.54 Å². The molecular weight excluding hydrogens is 300 g/mol. The Labute approximate surface area is 133 Å². The van der Waals surface area contributed by atoms with Crippen LogP contribution in [0.25, 0.3) is 0 Å². The molecule has 3 rings (SSSR count). The van der Waals surface area contributed by atoms with Crippen LogP contribution in [0.1, 0.15) is 12.8 Å². The molecule has 2 N–H and O–H groups in total. The van der Waals surface area contributed by atoms with Crippen molar-refractivity contribution in [3.05, 3.63) is 18.5 Å². The van der Waals surface area contributed by atoms with Gasteiger partial charge in [0.2, 0.25) is 11.9 Å². The van der Waals surface area contributed by atoms with Crippen molar-refractivity contribution in [2.45, 2.75) is 18.9 Å². The largest absolute Gasteiger partial charge is 0.350 e. The summed E-state index contributed by atoms with van der Waals surface area (Å²) in [5.74, 6) is -0.0788. The van der Waals surface area contributed by atoms with Crippen LogP contribution in [0.3, 0.4) is 0 Å². The Kier molecular flexibility index (Phi) is 4.35. The van der Waals surface area contributed by atoms with Crippen LogP contribution in [-0.4, -0.2) is 64.9 Å². The lowest BCUT2D eigenvalue weighted by molar-refractivity contribution is -0.130. The van der Waals surface area contributed by atoms with Gasteiger partial charge in [0.05, 0.1) is 6.54 Å². The van der Waals surface area contributed by atoms with E-state index in [-0.39, 0.29) is 30.9 Å². The maximum absolute atomic E-state index is 12.1. The van der Waals surface area contributed by atoms with E-state index in [1.165, 1.54) is 0 Å². The number of anilines is 1. The fourth-order valence-corrected chi connectivity index (χ4v) is 2.76. The van der Waals surface area contributed by atoms with Crippen LogP contribution < -0.4 is 15.5 Å². The summed E-state index contributed by atoms with van der Waals surface area (Å²) in [7, 11) is 0. The lowest BCUT2D eigenvalue weighted by atomic mass is 10.1. The van der Waals surface area contributed by atoms with Crippen LogP contribution in [0.5, 0.6) is 0 Å². The third-order valence-electron chi connectivity index (χ3n) is 3.86. The van der Waals surface area contributed by atoms with Crippen molar-refractivity contribution >= 4 is 23.8 Å². The van der Waals surface area contributed by atoms with Crippen molar-refractivity contribution in [1.82, 2.24) is 25.5 Å². The van der Waals surface area contributed by atoms with Crippen LogP contribution in [0.4, 0.5) is 10.7 Å². The second-order valence-electron chi connectivity index (χ2n) is 5.54. The first-order valence-corrected chi connectivity index (χ1v) is 7.53. The fourth-order valence-electron chi connectivity index (χ4n) is 2.76. The minimum absolute atomic E-state index is 0.0470. The summed E-state index contributed by atoms with van der Waals surface area (Å²) in [6.07, 6.45) is 5.12. The lowest BCUT2D eigenvalue weighted by Crippen LogP contribution is -2.51. The zero-order valence-electron chi connectivity index (χ0n) is 12.6. The molecule has 23 heavy (non-hydrogen) atoms. The van der Waals surface area contributed by atoms with Gasteiger partial charge >= 0.3 is 6.03 Å². The van der Waals surface area contributed by atoms with Crippen molar-refractivity contribution < 1.29 is 14.4 Å². The topological polar surface area (TPSA) is 108 Å². The van der Waals surface area contributed by atoms with E-state index in [0.29, 0.717) is 12.5 Å². The summed E-state index contributed by atoms with van der Waals surface area (Å²) in [6.45, 7) is 1.15. The Bertz CT molecular complexity index is 592. The Morgan fingerprint density at radius 1 is 1.35 bits per heavy atom. The van der Waals surface area contributed by atoms with E-state index >= 15 is 0 Å². The number of piperidine rings is 1. The number of urea groups is 1. The Morgan fingerprint density at radius 3 is 2.83 bits per heavy atom. The van der Waals surface area contributed by atoms with Gasteiger partial charge in [0.25, 0.3) is 5.91 Å². The first-order chi connectivity index (χ1) is 11.1. The highest BCUT2D eigenvalue weighted by Gasteiger charge is 2.31. The van der Waals surface area contributed by atoms with Gasteiger partial charge in [-0.05, 0) is 18.9 Å². The van der Waals surface area contributed by atoms with Crippen LogP contribution in [0.2, 0.25) is 0 Å². The highest BCUT2D eigenvalue weighted by atomic mass is 16.2. The number of imide groups is 1. The van der Waals surface area contributed by atoms with Gasteiger partial charge in [-0.1, -0.05) is 0 Å². The Morgan fingerprint density at radius 2 is 2.13 bits per heavy atom. The van der Waals surface area contributed by atoms with Crippen molar-refractivity contribution in [3.63, 3.8) is 0 Å². The van der Waals surface area contributed by atoms with Crippen molar-refractivity contribution in [2.75, 3.05) is 31.1 Å². The van der Waals surface area contributed by atoms with Gasteiger partial charge < -0.3 is 15.5 Å². The highest BCUT2D eigenvalue weighted by Crippen LogP contribution is 2.15. The van der Waals surface area contributed by atoms with Gasteiger partial charge in [0, 0.05) is 31.5 Å². The van der Waals surface area contributed by atoms with Gasteiger partial charge in [0.15, 0.2) is 0 Å². The summed E-state index contributed by atoms with van der Waals surface area (Å²) in [6, 6.07) is 1.18. The molecule has 1 aromatic rings. The van der Waals surface area contributed by atoms with Crippen LogP contribution in [0.15, 0.2) is 18.5 Å². The first-order valence-electron chi connectivity index (χ1n) is 7.53. The molecule has 2 saturated heterocycles. The number of aromatic nitrogens is 2. The second-order valence-corrected chi connectivity index (χ2v) is 5.54. The van der Waals surface area contributed by atoms with Crippen molar-refractivity contribution in [2.24, 2.45) is 0 Å². The standard InChI is InChI=1S/C14H18N6O3/c21-11(9-20-12(22)7-17-14(20)23)18-10-3-1-6-19(8-10)13-15-4-2-5-16-13/h2,4-5,10H,1,3,6-9H2,(H,17,23)(H,18,21). The molecule has 1 atom stereocenters. The average molecular weight is 318 g/mol. The fraction of sp³-hybridized carbons (Fsp3) is 0.500. The van der Waals surface area contributed by atoms with E-state index in [4.69, 9.17) is 0 Å². The van der Waals surface area contributed by atoms with Gasteiger partial charge in [-0.25, -0.2) is 14.8 Å². The number of hydrogen-bond donors (Lipinski definition) is 2. The summed E-state index contributed by atoms with van der Waals surface area (Å²) >= 11 is 0. The predicted octanol–water partition coefficient (Wildman–Crippen LogP) is -0.887. The summed E-state index contributed by atoms with van der Waals surface area (Å²) < 4.78 is 0. The third kappa shape index (κ3) is 3.55. The molecule has 0 spiro atoms. The predicted molar refractivity (Wildman–Crippen MR) is 80.5 cm³/mol. The Hall–Kier alpha value is -2.71. The molecule has 2 aliphatic heterocycles. The van der Waals surface area contributed by atoms with E-state index in [1.54, 1.807) is 18.5 Å². The zero-order chi connectivity index (χ0) is 16.2. The number of nitrogens with one attached hydrogen (secondary N) is 2. The molecule has 1 aromatic heterocycles. The SMILES string of the molecule is O=C(CN1C(=O)CNC1=O)NC1CCCN(c2ncccn2)C1. The molecule has 9 heteroatoms.